The number of amides is 1. The standard InChI is InChI=1S/C13H19N3O2S/c14-12(19)13(7-4-2-1-3-5-8-13)15-11(17)10-6-9-18-16-10/h6,9H,1-5,7-8H2,(H2,14,19)(H,15,17). The molecule has 3 N–H and O–H groups in total. The van der Waals surface area contributed by atoms with Gasteiger partial charge >= 0.3 is 0 Å². The van der Waals surface area contributed by atoms with Gasteiger partial charge in [-0.15, -0.1) is 0 Å². The largest absolute Gasteiger partial charge is 0.391 e. The van der Waals surface area contributed by atoms with Crippen LogP contribution in [0.25, 0.3) is 0 Å². The quantitative estimate of drug-likeness (QED) is 0.830. The number of nitrogens with zero attached hydrogens (tertiary/aromatic N) is 1. The summed E-state index contributed by atoms with van der Waals surface area (Å²) in [6.07, 6.45) is 8.57. The van der Waals surface area contributed by atoms with E-state index >= 15 is 0 Å². The topological polar surface area (TPSA) is 81.1 Å². The maximum atomic E-state index is 12.1. The van der Waals surface area contributed by atoms with Crippen LogP contribution < -0.4 is 11.1 Å². The predicted molar refractivity (Wildman–Crippen MR) is 75.8 cm³/mol. The highest BCUT2D eigenvalue weighted by atomic mass is 32.1. The molecule has 1 aromatic rings. The first kappa shape index (κ1) is 14.0. The van der Waals surface area contributed by atoms with Gasteiger partial charge in [0.2, 0.25) is 0 Å². The third kappa shape index (κ3) is 3.32. The van der Waals surface area contributed by atoms with Crippen molar-refractivity contribution in [3.63, 3.8) is 0 Å². The Kier molecular flexibility index (Phi) is 4.52. The molecule has 0 atom stereocenters. The number of carbonyl (C=O) groups excluding carboxylic acids is 1. The Hall–Kier alpha value is -1.43. The average Bonchev–Trinajstić information content (AvgIpc) is 2.86. The molecule has 2 rings (SSSR count). The maximum Gasteiger partial charge on any atom is 0.274 e. The molecule has 1 aliphatic rings. The zero-order valence-electron chi connectivity index (χ0n) is 10.9. The molecule has 0 bridgehead atoms. The Morgan fingerprint density at radius 2 is 1.95 bits per heavy atom. The number of aromatic nitrogens is 1. The van der Waals surface area contributed by atoms with Crippen molar-refractivity contribution in [1.82, 2.24) is 10.5 Å². The van der Waals surface area contributed by atoms with Gasteiger partial charge in [-0.3, -0.25) is 4.79 Å². The Bertz CT molecular complexity index is 437. The van der Waals surface area contributed by atoms with Crippen molar-refractivity contribution in [3.8, 4) is 0 Å². The fourth-order valence-electron chi connectivity index (χ4n) is 2.55. The second-order valence-corrected chi connectivity index (χ2v) is 5.49. The Balaban J connectivity index is 2.13. The van der Waals surface area contributed by atoms with Crippen molar-refractivity contribution < 1.29 is 9.32 Å². The summed E-state index contributed by atoms with van der Waals surface area (Å²) in [6.45, 7) is 0. The molecule has 0 aliphatic heterocycles. The molecule has 1 aromatic heterocycles. The average molecular weight is 281 g/mol. The van der Waals surface area contributed by atoms with E-state index in [4.69, 9.17) is 18.0 Å². The second kappa shape index (κ2) is 6.14. The van der Waals surface area contributed by atoms with Crippen LogP contribution in [0.2, 0.25) is 0 Å². The smallest absolute Gasteiger partial charge is 0.274 e. The Morgan fingerprint density at radius 1 is 1.32 bits per heavy atom. The molecular weight excluding hydrogens is 262 g/mol. The van der Waals surface area contributed by atoms with Crippen molar-refractivity contribution in [2.24, 2.45) is 5.73 Å². The van der Waals surface area contributed by atoms with Crippen LogP contribution in [0.1, 0.15) is 55.4 Å². The van der Waals surface area contributed by atoms with Gasteiger partial charge in [-0.25, -0.2) is 0 Å². The molecule has 19 heavy (non-hydrogen) atoms. The van der Waals surface area contributed by atoms with Gasteiger partial charge in [0.05, 0.1) is 10.5 Å². The molecule has 6 heteroatoms. The number of hydrogen-bond acceptors (Lipinski definition) is 4. The molecular formula is C13H19N3O2S. The van der Waals surface area contributed by atoms with Crippen LogP contribution in [0.5, 0.6) is 0 Å². The van der Waals surface area contributed by atoms with Crippen LogP contribution in [-0.4, -0.2) is 21.6 Å². The van der Waals surface area contributed by atoms with Crippen LogP contribution in [0, 0.1) is 0 Å². The summed E-state index contributed by atoms with van der Waals surface area (Å²) < 4.78 is 4.69. The summed E-state index contributed by atoms with van der Waals surface area (Å²) in [5, 5.41) is 6.62. The van der Waals surface area contributed by atoms with Gasteiger partial charge in [-0.1, -0.05) is 49.5 Å². The molecule has 1 amide bonds. The first-order chi connectivity index (χ1) is 9.14. The van der Waals surface area contributed by atoms with Gasteiger partial charge in [0.15, 0.2) is 5.69 Å². The van der Waals surface area contributed by atoms with E-state index in [1.165, 1.54) is 18.8 Å². The number of rotatable bonds is 3. The minimum atomic E-state index is -0.578. The molecule has 1 heterocycles. The highest BCUT2D eigenvalue weighted by molar-refractivity contribution is 7.80. The number of nitrogens with one attached hydrogen (secondary N) is 1. The number of thiocarbonyl (C=S) groups is 1. The van der Waals surface area contributed by atoms with Crippen LogP contribution in [-0.2, 0) is 0 Å². The van der Waals surface area contributed by atoms with E-state index in [-0.39, 0.29) is 11.6 Å². The number of nitrogens with two attached hydrogens (primary N) is 1. The van der Waals surface area contributed by atoms with Crippen molar-refractivity contribution >= 4 is 23.1 Å². The maximum absolute atomic E-state index is 12.1. The molecule has 1 aliphatic carbocycles. The first-order valence-electron chi connectivity index (χ1n) is 6.67. The molecule has 0 spiro atoms. The molecule has 104 valence electrons. The van der Waals surface area contributed by atoms with E-state index in [0.717, 1.165) is 38.5 Å². The Morgan fingerprint density at radius 3 is 2.47 bits per heavy atom. The van der Waals surface area contributed by atoms with Gasteiger partial charge < -0.3 is 15.6 Å². The predicted octanol–water partition coefficient (Wildman–Crippen LogP) is 2.17. The van der Waals surface area contributed by atoms with Crippen LogP contribution in [0.15, 0.2) is 16.9 Å². The molecule has 0 radical (unpaired) electrons. The highest BCUT2D eigenvalue weighted by Crippen LogP contribution is 2.27. The summed E-state index contributed by atoms with van der Waals surface area (Å²) in [6, 6.07) is 1.53. The van der Waals surface area contributed by atoms with Crippen LogP contribution in [0.3, 0.4) is 0 Å². The van der Waals surface area contributed by atoms with E-state index in [9.17, 15) is 4.79 Å². The van der Waals surface area contributed by atoms with Gasteiger partial charge in [-0.2, -0.15) is 0 Å². The van der Waals surface area contributed by atoms with E-state index < -0.39 is 5.54 Å². The lowest BCUT2D eigenvalue weighted by Crippen LogP contribution is -2.57. The fraction of sp³-hybridized carbons (Fsp3) is 0.615. The SMILES string of the molecule is NC(=S)C1(NC(=O)c2ccon2)CCCCCCC1. The molecule has 1 fully saturated rings. The van der Waals surface area contributed by atoms with Crippen LogP contribution in [0.4, 0.5) is 0 Å². The number of hydrogen-bond donors (Lipinski definition) is 2. The van der Waals surface area contributed by atoms with Crippen molar-refractivity contribution in [2.75, 3.05) is 0 Å². The summed E-state index contributed by atoms with van der Waals surface area (Å²) >= 11 is 5.20. The fourth-order valence-corrected chi connectivity index (χ4v) is 2.81. The minimum Gasteiger partial charge on any atom is -0.391 e. The second-order valence-electron chi connectivity index (χ2n) is 5.05. The van der Waals surface area contributed by atoms with E-state index in [2.05, 4.69) is 15.0 Å². The van der Waals surface area contributed by atoms with Gasteiger partial charge in [-0.05, 0) is 12.8 Å². The monoisotopic (exact) mass is 281 g/mol. The number of carbonyl (C=O) groups is 1. The molecule has 0 aromatic carbocycles. The first-order valence-corrected chi connectivity index (χ1v) is 7.08. The normalized spacial score (nSPS) is 19.2. The summed E-state index contributed by atoms with van der Waals surface area (Å²) in [5.74, 6) is -0.276. The van der Waals surface area contributed by atoms with Crippen molar-refractivity contribution in [3.05, 3.63) is 18.0 Å². The zero-order valence-corrected chi connectivity index (χ0v) is 11.7. The van der Waals surface area contributed by atoms with E-state index in [1.807, 2.05) is 0 Å². The molecule has 0 saturated heterocycles. The zero-order chi connectivity index (χ0) is 13.7. The minimum absolute atomic E-state index is 0.262. The van der Waals surface area contributed by atoms with Crippen molar-refractivity contribution in [1.29, 1.82) is 0 Å². The van der Waals surface area contributed by atoms with Gasteiger partial charge in [0, 0.05) is 6.07 Å². The third-order valence-electron chi connectivity index (χ3n) is 3.70. The summed E-state index contributed by atoms with van der Waals surface area (Å²) in [5.41, 5.74) is 5.58. The molecule has 1 saturated carbocycles. The Labute approximate surface area is 117 Å². The molecule has 5 nitrogen and oxygen atoms in total. The summed E-state index contributed by atoms with van der Waals surface area (Å²) in [7, 11) is 0. The van der Waals surface area contributed by atoms with Crippen LogP contribution >= 0.6 is 12.2 Å². The molecule has 0 unspecified atom stereocenters. The van der Waals surface area contributed by atoms with E-state index in [1.54, 1.807) is 0 Å². The van der Waals surface area contributed by atoms with E-state index in [0.29, 0.717) is 4.99 Å². The lowest BCUT2D eigenvalue weighted by Gasteiger charge is -2.35. The lowest BCUT2D eigenvalue weighted by molar-refractivity contribution is 0.0903. The summed E-state index contributed by atoms with van der Waals surface area (Å²) in [4.78, 5) is 12.5. The van der Waals surface area contributed by atoms with Gasteiger partial charge in [0.1, 0.15) is 6.26 Å². The third-order valence-corrected chi connectivity index (χ3v) is 4.09. The highest BCUT2D eigenvalue weighted by Gasteiger charge is 2.35. The van der Waals surface area contributed by atoms with Crippen molar-refractivity contribution in [2.45, 2.75) is 50.5 Å². The lowest BCUT2D eigenvalue weighted by atomic mass is 9.83. The van der Waals surface area contributed by atoms with Gasteiger partial charge in [0.25, 0.3) is 5.91 Å².